The summed E-state index contributed by atoms with van der Waals surface area (Å²) in [7, 11) is 0. The number of hydrogen-bond donors (Lipinski definition) is 1. The lowest BCUT2D eigenvalue weighted by atomic mass is 9.76. The number of likely N-dealkylation sites (tertiary alicyclic amines) is 1. The number of carbonyl (C=O) groups is 2. The fraction of sp³-hybridized carbons (Fsp3) is 0.652. The number of rotatable bonds is 3. The van der Waals surface area contributed by atoms with Crippen LogP contribution in [0.1, 0.15) is 35.2 Å². The molecule has 1 N–H and O–H groups in total. The Bertz CT molecular complexity index is 865. The molecule has 34 heavy (non-hydrogen) atoms. The van der Waals surface area contributed by atoms with Gasteiger partial charge in [-0.3, -0.25) is 9.69 Å². The lowest BCUT2D eigenvalue weighted by Gasteiger charge is -2.38. The highest BCUT2D eigenvalue weighted by atomic mass is 19.4. The number of ether oxygens (including phenoxy) is 2. The average Bonchev–Trinajstić information content (AvgIpc) is 3.18. The molecule has 3 saturated heterocycles. The van der Waals surface area contributed by atoms with E-state index in [4.69, 9.17) is 19.4 Å². The first kappa shape index (κ1) is 26.4. The van der Waals surface area contributed by atoms with E-state index >= 15 is 0 Å². The number of nitrogens with zero attached hydrogens (tertiary/aromatic N) is 2. The molecule has 1 spiro atoms. The Morgan fingerprint density at radius 3 is 2.32 bits per heavy atom. The number of carbonyl (C=O) groups excluding carboxylic acids is 1. The topological polar surface area (TPSA) is 79.3 Å². The number of hydrogen-bond acceptors (Lipinski definition) is 5. The van der Waals surface area contributed by atoms with Gasteiger partial charge in [0.25, 0.3) is 5.91 Å². The summed E-state index contributed by atoms with van der Waals surface area (Å²) in [5.41, 5.74) is 1.21. The molecule has 0 radical (unpaired) electrons. The van der Waals surface area contributed by atoms with Gasteiger partial charge in [0.1, 0.15) is 5.82 Å². The molecule has 1 aromatic carbocycles. The van der Waals surface area contributed by atoms with Crippen LogP contribution in [0.25, 0.3) is 0 Å². The van der Waals surface area contributed by atoms with Gasteiger partial charge in [-0.25, -0.2) is 9.18 Å². The van der Waals surface area contributed by atoms with Gasteiger partial charge in [-0.2, -0.15) is 13.2 Å². The molecule has 1 amide bonds. The maximum Gasteiger partial charge on any atom is 0.490 e. The van der Waals surface area contributed by atoms with E-state index in [1.165, 1.54) is 6.07 Å². The van der Waals surface area contributed by atoms with E-state index in [1.807, 2.05) is 4.90 Å². The Kier molecular flexibility index (Phi) is 8.53. The summed E-state index contributed by atoms with van der Waals surface area (Å²) in [4.78, 5) is 25.9. The molecule has 1 unspecified atom stereocenters. The van der Waals surface area contributed by atoms with E-state index in [-0.39, 0.29) is 23.2 Å². The number of amides is 1. The summed E-state index contributed by atoms with van der Waals surface area (Å²) in [5.74, 6) is -3.13. The van der Waals surface area contributed by atoms with Gasteiger partial charge in [-0.15, -0.1) is 0 Å². The molecule has 4 rings (SSSR count). The Morgan fingerprint density at radius 2 is 1.76 bits per heavy atom. The van der Waals surface area contributed by atoms with Crippen LogP contribution in [0, 0.1) is 18.2 Å². The Hall–Kier alpha value is -2.24. The highest BCUT2D eigenvalue weighted by Crippen LogP contribution is 2.42. The molecule has 0 saturated carbocycles. The van der Waals surface area contributed by atoms with Gasteiger partial charge in [0.2, 0.25) is 0 Å². The molecule has 3 heterocycles. The number of piperidine rings is 1. The zero-order valence-corrected chi connectivity index (χ0v) is 19.1. The van der Waals surface area contributed by atoms with Crippen molar-refractivity contribution in [1.82, 2.24) is 9.80 Å². The van der Waals surface area contributed by atoms with Crippen molar-refractivity contribution in [2.24, 2.45) is 5.41 Å². The third kappa shape index (κ3) is 6.89. The van der Waals surface area contributed by atoms with Crippen LogP contribution in [0.2, 0.25) is 0 Å². The van der Waals surface area contributed by atoms with Gasteiger partial charge in [0.15, 0.2) is 0 Å². The van der Waals surface area contributed by atoms with Crippen LogP contribution in [0.4, 0.5) is 17.6 Å². The molecule has 190 valence electrons. The van der Waals surface area contributed by atoms with Gasteiger partial charge in [-0.05, 0) is 49.3 Å². The number of aliphatic carboxylic acids is 1. The van der Waals surface area contributed by atoms with Gasteiger partial charge in [-0.1, -0.05) is 6.07 Å². The van der Waals surface area contributed by atoms with Gasteiger partial charge >= 0.3 is 12.1 Å². The molecule has 3 aliphatic heterocycles. The first-order valence-electron chi connectivity index (χ1n) is 11.3. The van der Waals surface area contributed by atoms with Crippen molar-refractivity contribution >= 4 is 11.9 Å². The lowest BCUT2D eigenvalue weighted by molar-refractivity contribution is -0.192. The van der Waals surface area contributed by atoms with Crippen molar-refractivity contribution in [2.45, 2.75) is 38.5 Å². The van der Waals surface area contributed by atoms with E-state index in [0.29, 0.717) is 11.1 Å². The van der Waals surface area contributed by atoms with Crippen molar-refractivity contribution < 1.29 is 41.7 Å². The molecule has 0 bridgehead atoms. The number of halogens is 4. The van der Waals surface area contributed by atoms with Gasteiger partial charge in [0.05, 0.1) is 25.9 Å². The first-order valence-corrected chi connectivity index (χ1v) is 11.3. The number of carboxylic acid groups (broad SMARTS) is 1. The molecule has 1 atom stereocenters. The normalized spacial score (nSPS) is 22.9. The molecular weight excluding hydrogens is 460 g/mol. The molecule has 1 aromatic rings. The Balaban J connectivity index is 0.000000406. The number of aryl methyl sites for hydroxylation is 1. The second-order valence-corrected chi connectivity index (χ2v) is 9.11. The molecule has 7 nitrogen and oxygen atoms in total. The summed E-state index contributed by atoms with van der Waals surface area (Å²) >= 11 is 0. The summed E-state index contributed by atoms with van der Waals surface area (Å²) in [6.45, 7) is 8.54. The molecule has 3 aliphatic rings. The van der Waals surface area contributed by atoms with E-state index in [9.17, 15) is 22.4 Å². The van der Waals surface area contributed by atoms with Crippen LogP contribution >= 0.6 is 0 Å². The largest absolute Gasteiger partial charge is 0.490 e. The van der Waals surface area contributed by atoms with Crippen LogP contribution in [-0.4, -0.2) is 91.6 Å². The average molecular weight is 490 g/mol. The van der Waals surface area contributed by atoms with Crippen molar-refractivity contribution in [3.8, 4) is 0 Å². The predicted molar refractivity (Wildman–Crippen MR) is 114 cm³/mol. The third-order valence-corrected chi connectivity index (χ3v) is 6.62. The summed E-state index contributed by atoms with van der Waals surface area (Å²) in [6.07, 6.45) is -1.79. The number of alkyl halides is 3. The second-order valence-electron chi connectivity index (χ2n) is 9.11. The second kappa shape index (κ2) is 11.0. The standard InChI is InChI=1S/C21H29FN2O3.C2HF3O2/c1-16-2-3-17(12-19(16)22)20(25)24-6-4-21(5-7-24)13-18(27-15-21)14-23-8-10-26-11-9-23;3-2(4,5)1(6)7/h2-3,12,18H,4-11,13-15H2,1H3;(H,6,7). The highest BCUT2D eigenvalue weighted by molar-refractivity contribution is 5.94. The van der Waals surface area contributed by atoms with Gasteiger partial charge in [0, 0.05) is 38.3 Å². The quantitative estimate of drug-likeness (QED) is 0.656. The van der Waals surface area contributed by atoms with Crippen molar-refractivity contribution in [1.29, 1.82) is 0 Å². The third-order valence-electron chi connectivity index (χ3n) is 6.62. The Labute approximate surface area is 195 Å². The molecule has 0 aromatic heterocycles. The summed E-state index contributed by atoms with van der Waals surface area (Å²) < 4.78 is 57.1. The van der Waals surface area contributed by atoms with E-state index in [2.05, 4.69) is 4.90 Å². The predicted octanol–water partition coefficient (Wildman–Crippen LogP) is 3.11. The molecular formula is C23H30F4N2O5. The fourth-order valence-corrected chi connectivity index (χ4v) is 4.53. The minimum absolute atomic E-state index is 0.0625. The van der Waals surface area contributed by atoms with E-state index < -0.39 is 12.1 Å². The lowest BCUT2D eigenvalue weighted by Crippen LogP contribution is -2.44. The monoisotopic (exact) mass is 490 g/mol. The maximum atomic E-state index is 13.8. The van der Waals surface area contributed by atoms with E-state index in [0.717, 1.165) is 71.8 Å². The van der Waals surface area contributed by atoms with Crippen LogP contribution in [0.5, 0.6) is 0 Å². The number of benzene rings is 1. The van der Waals surface area contributed by atoms with E-state index in [1.54, 1.807) is 19.1 Å². The van der Waals surface area contributed by atoms with Crippen molar-refractivity contribution in [3.05, 3.63) is 35.1 Å². The first-order chi connectivity index (χ1) is 16.0. The van der Waals surface area contributed by atoms with Crippen LogP contribution in [0.15, 0.2) is 18.2 Å². The molecule has 11 heteroatoms. The minimum Gasteiger partial charge on any atom is -0.475 e. The maximum absolute atomic E-state index is 13.8. The number of morpholine rings is 1. The van der Waals surface area contributed by atoms with Gasteiger partial charge < -0.3 is 19.5 Å². The van der Waals surface area contributed by atoms with Crippen LogP contribution in [0.3, 0.4) is 0 Å². The zero-order chi connectivity index (χ0) is 24.9. The summed E-state index contributed by atoms with van der Waals surface area (Å²) in [5, 5.41) is 7.12. The summed E-state index contributed by atoms with van der Waals surface area (Å²) in [6, 6.07) is 4.76. The smallest absolute Gasteiger partial charge is 0.475 e. The SMILES string of the molecule is Cc1ccc(C(=O)N2CCC3(CC2)COC(CN2CCOCC2)C3)cc1F.O=C(O)C(F)(F)F. The molecule has 3 fully saturated rings. The zero-order valence-electron chi connectivity index (χ0n) is 19.1. The number of carboxylic acids is 1. The highest BCUT2D eigenvalue weighted by Gasteiger charge is 2.43. The van der Waals surface area contributed by atoms with Crippen LogP contribution < -0.4 is 0 Å². The Morgan fingerprint density at radius 1 is 1.15 bits per heavy atom. The van der Waals surface area contributed by atoms with Crippen molar-refractivity contribution in [3.63, 3.8) is 0 Å². The fourth-order valence-electron chi connectivity index (χ4n) is 4.53. The van der Waals surface area contributed by atoms with Crippen molar-refractivity contribution in [2.75, 3.05) is 52.5 Å². The molecule has 0 aliphatic carbocycles. The minimum atomic E-state index is -5.08. The van der Waals surface area contributed by atoms with Crippen LogP contribution in [-0.2, 0) is 14.3 Å².